The van der Waals surface area contributed by atoms with Crippen LogP contribution < -0.4 is 5.32 Å². The zero-order valence-electron chi connectivity index (χ0n) is 10.3. The molecule has 16 heavy (non-hydrogen) atoms. The van der Waals surface area contributed by atoms with Crippen LogP contribution >= 0.6 is 0 Å². The van der Waals surface area contributed by atoms with Crippen molar-refractivity contribution in [2.75, 3.05) is 33.7 Å². The first-order valence-corrected chi connectivity index (χ1v) is 6.21. The molecule has 1 unspecified atom stereocenters. The molecule has 2 aliphatic heterocycles. The number of nitrogens with one attached hydrogen (secondary N) is 1. The van der Waals surface area contributed by atoms with E-state index in [0.717, 1.165) is 26.1 Å². The SMILES string of the molecule is CNC(O)N1CCC[C@H]1C1=CCN(C)CC1. The van der Waals surface area contributed by atoms with Crippen LogP contribution in [0.1, 0.15) is 19.3 Å². The highest BCUT2D eigenvalue weighted by Crippen LogP contribution is 2.28. The Morgan fingerprint density at radius 2 is 2.31 bits per heavy atom. The molecule has 2 heterocycles. The molecule has 0 amide bonds. The largest absolute Gasteiger partial charge is 0.365 e. The third kappa shape index (κ3) is 2.46. The highest BCUT2D eigenvalue weighted by Gasteiger charge is 2.31. The van der Waals surface area contributed by atoms with Crippen LogP contribution in [0.4, 0.5) is 0 Å². The van der Waals surface area contributed by atoms with Crippen LogP contribution in [0.3, 0.4) is 0 Å². The number of hydrogen-bond donors (Lipinski definition) is 2. The summed E-state index contributed by atoms with van der Waals surface area (Å²) in [7, 11) is 3.96. The van der Waals surface area contributed by atoms with E-state index in [2.05, 4.69) is 28.2 Å². The van der Waals surface area contributed by atoms with Crippen LogP contribution in [0.25, 0.3) is 0 Å². The molecule has 0 aromatic heterocycles. The van der Waals surface area contributed by atoms with Gasteiger partial charge in [-0.15, -0.1) is 0 Å². The number of nitrogens with zero attached hydrogens (tertiary/aromatic N) is 2. The topological polar surface area (TPSA) is 38.7 Å². The van der Waals surface area contributed by atoms with E-state index >= 15 is 0 Å². The van der Waals surface area contributed by atoms with Crippen molar-refractivity contribution in [3.05, 3.63) is 11.6 Å². The molecule has 0 saturated carbocycles. The van der Waals surface area contributed by atoms with E-state index in [1.165, 1.54) is 18.4 Å². The van der Waals surface area contributed by atoms with Crippen LogP contribution in [-0.4, -0.2) is 61.0 Å². The Balaban J connectivity index is 2.02. The molecule has 2 N–H and O–H groups in total. The summed E-state index contributed by atoms with van der Waals surface area (Å²) >= 11 is 0. The maximum atomic E-state index is 9.89. The monoisotopic (exact) mass is 225 g/mol. The van der Waals surface area contributed by atoms with Crippen LogP contribution in [0.2, 0.25) is 0 Å². The molecule has 1 saturated heterocycles. The predicted octanol–water partition coefficient (Wildman–Crippen LogP) is 0.208. The zero-order chi connectivity index (χ0) is 11.5. The van der Waals surface area contributed by atoms with Crippen molar-refractivity contribution in [1.29, 1.82) is 0 Å². The van der Waals surface area contributed by atoms with Crippen molar-refractivity contribution >= 4 is 0 Å². The summed E-state index contributed by atoms with van der Waals surface area (Å²) in [6.45, 7) is 3.20. The van der Waals surface area contributed by atoms with E-state index in [1.54, 1.807) is 0 Å². The van der Waals surface area contributed by atoms with Gasteiger partial charge >= 0.3 is 0 Å². The third-order valence-electron chi connectivity index (χ3n) is 3.74. The minimum Gasteiger partial charge on any atom is -0.365 e. The summed E-state index contributed by atoms with van der Waals surface area (Å²) in [5.74, 6) is 0. The molecular weight excluding hydrogens is 202 g/mol. The molecule has 4 nitrogen and oxygen atoms in total. The first kappa shape index (κ1) is 12.0. The highest BCUT2D eigenvalue weighted by atomic mass is 16.3. The van der Waals surface area contributed by atoms with Crippen molar-refractivity contribution in [2.24, 2.45) is 0 Å². The Labute approximate surface area is 97.9 Å². The Bertz CT molecular complexity index is 267. The molecule has 2 rings (SSSR count). The molecule has 92 valence electrons. The Hall–Kier alpha value is -0.420. The summed E-state index contributed by atoms with van der Waals surface area (Å²) in [5.41, 5.74) is 1.52. The molecule has 0 aliphatic carbocycles. The van der Waals surface area contributed by atoms with Crippen LogP contribution in [0.15, 0.2) is 11.6 Å². The molecule has 2 atom stereocenters. The molecular formula is C12H23N3O. The standard InChI is InChI=1S/C12H23N3O/c1-13-12(16)15-7-3-4-11(15)10-5-8-14(2)9-6-10/h5,11-13,16H,3-4,6-9H2,1-2H3/t11-,12?/m0/s1. The maximum absolute atomic E-state index is 9.89. The zero-order valence-corrected chi connectivity index (χ0v) is 10.3. The quantitative estimate of drug-likeness (QED) is 0.532. The molecule has 0 aromatic carbocycles. The Kier molecular flexibility index (Phi) is 3.97. The normalized spacial score (nSPS) is 30.4. The minimum atomic E-state index is -0.493. The third-order valence-corrected chi connectivity index (χ3v) is 3.74. The number of aliphatic hydroxyl groups is 1. The Morgan fingerprint density at radius 3 is 2.94 bits per heavy atom. The summed E-state index contributed by atoms with van der Waals surface area (Å²) in [4.78, 5) is 4.51. The summed E-state index contributed by atoms with van der Waals surface area (Å²) in [5, 5.41) is 12.8. The lowest BCUT2D eigenvalue weighted by Crippen LogP contribution is -2.47. The molecule has 0 bridgehead atoms. The van der Waals surface area contributed by atoms with Gasteiger partial charge in [0.25, 0.3) is 0 Å². The van der Waals surface area contributed by atoms with E-state index < -0.39 is 6.35 Å². The lowest BCUT2D eigenvalue weighted by molar-refractivity contribution is -0.0183. The van der Waals surface area contributed by atoms with Gasteiger partial charge in [-0.3, -0.25) is 10.2 Å². The first-order chi connectivity index (χ1) is 7.72. The van der Waals surface area contributed by atoms with E-state index in [-0.39, 0.29) is 0 Å². The van der Waals surface area contributed by atoms with Gasteiger partial charge in [0.15, 0.2) is 6.35 Å². The van der Waals surface area contributed by atoms with Crippen LogP contribution in [0.5, 0.6) is 0 Å². The fraction of sp³-hybridized carbons (Fsp3) is 0.833. The molecule has 0 spiro atoms. The van der Waals surface area contributed by atoms with Gasteiger partial charge in [0.2, 0.25) is 0 Å². The van der Waals surface area contributed by atoms with Gasteiger partial charge in [-0.1, -0.05) is 11.6 Å². The van der Waals surface area contributed by atoms with E-state index in [1.807, 2.05) is 7.05 Å². The fourth-order valence-electron chi connectivity index (χ4n) is 2.73. The van der Waals surface area contributed by atoms with Gasteiger partial charge in [0.1, 0.15) is 0 Å². The van der Waals surface area contributed by atoms with Crippen LogP contribution in [-0.2, 0) is 0 Å². The van der Waals surface area contributed by atoms with Crippen molar-refractivity contribution in [3.63, 3.8) is 0 Å². The van der Waals surface area contributed by atoms with Crippen LogP contribution in [0, 0.1) is 0 Å². The Morgan fingerprint density at radius 1 is 1.50 bits per heavy atom. The van der Waals surface area contributed by atoms with Crippen molar-refractivity contribution in [3.8, 4) is 0 Å². The average Bonchev–Trinajstić information content (AvgIpc) is 2.78. The highest BCUT2D eigenvalue weighted by molar-refractivity contribution is 5.16. The van der Waals surface area contributed by atoms with Gasteiger partial charge in [0.05, 0.1) is 0 Å². The fourth-order valence-corrected chi connectivity index (χ4v) is 2.73. The van der Waals surface area contributed by atoms with Crippen molar-refractivity contribution < 1.29 is 5.11 Å². The van der Waals surface area contributed by atoms with Gasteiger partial charge in [-0.2, -0.15) is 0 Å². The molecule has 1 fully saturated rings. The van der Waals surface area contributed by atoms with Gasteiger partial charge in [0, 0.05) is 25.7 Å². The minimum absolute atomic E-state index is 0.455. The lowest BCUT2D eigenvalue weighted by Gasteiger charge is -2.33. The van der Waals surface area contributed by atoms with Crippen molar-refractivity contribution in [1.82, 2.24) is 15.1 Å². The summed E-state index contributed by atoms with van der Waals surface area (Å²) < 4.78 is 0. The number of likely N-dealkylation sites (N-methyl/N-ethyl adjacent to an activating group) is 1. The molecule has 2 aliphatic rings. The van der Waals surface area contributed by atoms with Crippen molar-refractivity contribution in [2.45, 2.75) is 31.7 Å². The van der Waals surface area contributed by atoms with Gasteiger partial charge in [-0.05, 0) is 33.4 Å². The number of aliphatic hydroxyl groups excluding tert-OH is 1. The molecule has 4 heteroatoms. The van der Waals surface area contributed by atoms with Gasteiger partial charge < -0.3 is 10.0 Å². The van der Waals surface area contributed by atoms with E-state index in [9.17, 15) is 5.11 Å². The second kappa shape index (κ2) is 5.27. The smallest absolute Gasteiger partial charge is 0.163 e. The second-order valence-corrected chi connectivity index (χ2v) is 4.85. The number of likely N-dealkylation sites (tertiary alicyclic amines) is 1. The predicted molar refractivity (Wildman–Crippen MR) is 65.0 cm³/mol. The van der Waals surface area contributed by atoms with Gasteiger partial charge in [-0.25, -0.2) is 0 Å². The summed E-state index contributed by atoms with van der Waals surface area (Å²) in [6, 6.07) is 0.455. The number of rotatable bonds is 3. The number of hydrogen-bond acceptors (Lipinski definition) is 4. The first-order valence-electron chi connectivity index (χ1n) is 6.21. The second-order valence-electron chi connectivity index (χ2n) is 4.85. The molecule has 0 aromatic rings. The maximum Gasteiger partial charge on any atom is 0.163 e. The molecule has 0 radical (unpaired) electrons. The van der Waals surface area contributed by atoms with E-state index in [0.29, 0.717) is 6.04 Å². The van der Waals surface area contributed by atoms with E-state index in [4.69, 9.17) is 0 Å². The average molecular weight is 225 g/mol. The summed E-state index contributed by atoms with van der Waals surface area (Å²) in [6.07, 6.45) is 5.38. The lowest BCUT2D eigenvalue weighted by atomic mass is 9.98.